The SMILES string of the molecule is COCCN(C(=O)C(CS)NC(C)=O)C1CC1. The van der Waals surface area contributed by atoms with Crippen LogP contribution in [-0.2, 0) is 14.3 Å². The lowest BCUT2D eigenvalue weighted by Crippen LogP contribution is -2.50. The third kappa shape index (κ3) is 4.55. The Morgan fingerprint density at radius 3 is 2.59 bits per heavy atom. The van der Waals surface area contributed by atoms with Gasteiger partial charge in [-0.25, -0.2) is 0 Å². The molecule has 0 bridgehead atoms. The van der Waals surface area contributed by atoms with E-state index in [9.17, 15) is 9.59 Å². The van der Waals surface area contributed by atoms with Crippen molar-refractivity contribution < 1.29 is 14.3 Å². The molecule has 0 spiro atoms. The summed E-state index contributed by atoms with van der Waals surface area (Å²) in [5.74, 6) is 0.0452. The lowest BCUT2D eigenvalue weighted by Gasteiger charge is -2.26. The monoisotopic (exact) mass is 260 g/mol. The van der Waals surface area contributed by atoms with E-state index >= 15 is 0 Å². The number of rotatable bonds is 7. The van der Waals surface area contributed by atoms with Crippen LogP contribution in [0.5, 0.6) is 0 Å². The Morgan fingerprint density at radius 1 is 1.53 bits per heavy atom. The van der Waals surface area contributed by atoms with Gasteiger partial charge in [-0.15, -0.1) is 0 Å². The van der Waals surface area contributed by atoms with Crippen molar-refractivity contribution in [3.63, 3.8) is 0 Å². The Labute approximate surface area is 107 Å². The number of methoxy groups -OCH3 is 1. The first-order valence-corrected chi connectivity index (χ1v) is 6.40. The topological polar surface area (TPSA) is 58.6 Å². The molecule has 0 radical (unpaired) electrons. The van der Waals surface area contributed by atoms with Gasteiger partial charge >= 0.3 is 0 Å². The molecule has 0 aliphatic heterocycles. The largest absolute Gasteiger partial charge is 0.383 e. The third-order valence-corrected chi connectivity index (χ3v) is 3.03. The van der Waals surface area contributed by atoms with Crippen LogP contribution in [-0.4, -0.2) is 54.8 Å². The van der Waals surface area contributed by atoms with Gasteiger partial charge in [0.15, 0.2) is 0 Å². The molecule has 0 heterocycles. The quantitative estimate of drug-likeness (QED) is 0.636. The van der Waals surface area contributed by atoms with Gasteiger partial charge in [0.05, 0.1) is 6.61 Å². The minimum atomic E-state index is -0.534. The van der Waals surface area contributed by atoms with Gasteiger partial charge < -0.3 is 15.0 Å². The molecular formula is C11H20N2O3S. The number of nitrogens with zero attached hydrogens (tertiary/aromatic N) is 1. The molecule has 98 valence electrons. The molecule has 0 aromatic rings. The predicted octanol–water partition coefficient (Wildman–Crippen LogP) is 0.0583. The first-order chi connectivity index (χ1) is 8.10. The molecule has 1 atom stereocenters. The van der Waals surface area contributed by atoms with Gasteiger partial charge in [0, 0.05) is 32.4 Å². The molecular weight excluding hydrogens is 240 g/mol. The highest BCUT2D eigenvalue weighted by atomic mass is 32.1. The van der Waals surface area contributed by atoms with E-state index in [1.165, 1.54) is 6.92 Å². The van der Waals surface area contributed by atoms with Crippen molar-refractivity contribution in [2.24, 2.45) is 0 Å². The van der Waals surface area contributed by atoms with Crippen molar-refractivity contribution in [1.82, 2.24) is 10.2 Å². The summed E-state index contributed by atoms with van der Waals surface area (Å²) in [7, 11) is 1.61. The number of nitrogens with one attached hydrogen (secondary N) is 1. The summed E-state index contributed by atoms with van der Waals surface area (Å²) in [4.78, 5) is 25.0. The lowest BCUT2D eigenvalue weighted by atomic mass is 10.2. The first kappa shape index (κ1) is 14.3. The van der Waals surface area contributed by atoms with Gasteiger partial charge in [0.25, 0.3) is 0 Å². The zero-order valence-electron chi connectivity index (χ0n) is 10.3. The predicted molar refractivity (Wildman–Crippen MR) is 68.1 cm³/mol. The van der Waals surface area contributed by atoms with E-state index in [1.54, 1.807) is 12.0 Å². The van der Waals surface area contributed by atoms with E-state index in [0.717, 1.165) is 12.8 Å². The van der Waals surface area contributed by atoms with Crippen LogP contribution in [0.4, 0.5) is 0 Å². The molecule has 0 aromatic heterocycles. The van der Waals surface area contributed by atoms with E-state index in [-0.39, 0.29) is 11.8 Å². The third-order valence-electron chi connectivity index (χ3n) is 2.67. The van der Waals surface area contributed by atoms with E-state index in [1.807, 2.05) is 0 Å². The summed E-state index contributed by atoms with van der Waals surface area (Å²) >= 11 is 4.11. The Morgan fingerprint density at radius 2 is 2.18 bits per heavy atom. The van der Waals surface area contributed by atoms with E-state index < -0.39 is 6.04 Å². The van der Waals surface area contributed by atoms with Crippen molar-refractivity contribution in [2.45, 2.75) is 31.8 Å². The van der Waals surface area contributed by atoms with Crippen molar-refractivity contribution in [3.8, 4) is 0 Å². The van der Waals surface area contributed by atoms with Crippen molar-refractivity contribution in [3.05, 3.63) is 0 Å². The summed E-state index contributed by atoms with van der Waals surface area (Å²) in [6.45, 7) is 2.49. The van der Waals surface area contributed by atoms with Crippen LogP contribution in [0.2, 0.25) is 0 Å². The van der Waals surface area contributed by atoms with E-state index in [4.69, 9.17) is 4.74 Å². The first-order valence-electron chi connectivity index (χ1n) is 5.77. The van der Waals surface area contributed by atoms with Gasteiger partial charge in [0.2, 0.25) is 11.8 Å². The smallest absolute Gasteiger partial charge is 0.246 e. The standard InChI is InChI=1S/C11H20N2O3S/c1-8(14)12-10(7-17)11(15)13(5-6-16-2)9-3-4-9/h9-10,17H,3-7H2,1-2H3,(H,12,14). The Balaban J connectivity index is 2.57. The summed E-state index contributed by atoms with van der Waals surface area (Å²) in [5, 5.41) is 2.62. The Bertz CT molecular complexity index is 282. The molecule has 5 nitrogen and oxygen atoms in total. The summed E-state index contributed by atoms with van der Waals surface area (Å²) in [6, 6.07) is -0.220. The number of amides is 2. The van der Waals surface area contributed by atoms with E-state index in [2.05, 4.69) is 17.9 Å². The van der Waals surface area contributed by atoms with Crippen LogP contribution in [0.1, 0.15) is 19.8 Å². The van der Waals surface area contributed by atoms with Crippen molar-refractivity contribution in [1.29, 1.82) is 0 Å². The van der Waals surface area contributed by atoms with Crippen molar-refractivity contribution in [2.75, 3.05) is 26.0 Å². The van der Waals surface area contributed by atoms with Crippen molar-refractivity contribution >= 4 is 24.4 Å². The maximum atomic E-state index is 12.2. The van der Waals surface area contributed by atoms with Gasteiger partial charge in [-0.2, -0.15) is 12.6 Å². The molecule has 0 saturated heterocycles. The fourth-order valence-electron chi connectivity index (χ4n) is 1.68. The Kier molecular flexibility index (Phi) is 5.77. The number of carbonyl (C=O) groups excluding carboxylic acids is 2. The normalized spacial score (nSPS) is 16.4. The Hall–Kier alpha value is -0.750. The van der Waals surface area contributed by atoms with Gasteiger partial charge in [-0.3, -0.25) is 9.59 Å². The zero-order chi connectivity index (χ0) is 12.8. The minimum absolute atomic E-state index is 0.0604. The average molecular weight is 260 g/mol. The maximum absolute atomic E-state index is 12.2. The summed E-state index contributed by atoms with van der Waals surface area (Å²) in [5.41, 5.74) is 0. The molecule has 6 heteroatoms. The number of hydrogen-bond acceptors (Lipinski definition) is 4. The maximum Gasteiger partial charge on any atom is 0.246 e. The molecule has 1 fully saturated rings. The van der Waals surface area contributed by atoms with Crippen LogP contribution >= 0.6 is 12.6 Å². The van der Waals surface area contributed by atoms with Gasteiger partial charge in [-0.05, 0) is 12.8 Å². The van der Waals surface area contributed by atoms with Crippen LogP contribution in [0.25, 0.3) is 0 Å². The molecule has 1 aliphatic rings. The average Bonchev–Trinajstić information content (AvgIpc) is 3.10. The molecule has 1 N–H and O–H groups in total. The van der Waals surface area contributed by atoms with Gasteiger partial charge in [-0.1, -0.05) is 0 Å². The van der Waals surface area contributed by atoms with Gasteiger partial charge in [0.1, 0.15) is 6.04 Å². The van der Waals surface area contributed by atoms with Crippen LogP contribution < -0.4 is 5.32 Å². The van der Waals surface area contributed by atoms with E-state index in [0.29, 0.717) is 24.9 Å². The highest BCUT2D eigenvalue weighted by Crippen LogP contribution is 2.27. The molecule has 2 amide bonds. The number of hydrogen-bond donors (Lipinski definition) is 2. The molecule has 1 unspecified atom stereocenters. The fourth-order valence-corrected chi connectivity index (χ4v) is 1.93. The minimum Gasteiger partial charge on any atom is -0.383 e. The second-order valence-electron chi connectivity index (χ2n) is 4.19. The summed E-state index contributed by atoms with van der Waals surface area (Å²) in [6.07, 6.45) is 2.07. The summed E-state index contributed by atoms with van der Waals surface area (Å²) < 4.78 is 4.99. The molecule has 0 aromatic carbocycles. The number of carbonyl (C=O) groups is 2. The highest BCUT2D eigenvalue weighted by molar-refractivity contribution is 7.80. The number of ether oxygens (including phenoxy) is 1. The molecule has 1 aliphatic carbocycles. The lowest BCUT2D eigenvalue weighted by molar-refractivity contribution is -0.136. The fraction of sp³-hybridized carbons (Fsp3) is 0.818. The second-order valence-corrected chi connectivity index (χ2v) is 4.56. The highest BCUT2D eigenvalue weighted by Gasteiger charge is 2.35. The number of thiol groups is 1. The second kappa shape index (κ2) is 6.86. The molecule has 1 rings (SSSR count). The zero-order valence-corrected chi connectivity index (χ0v) is 11.2. The van der Waals surface area contributed by atoms with Crippen LogP contribution in [0.15, 0.2) is 0 Å². The molecule has 17 heavy (non-hydrogen) atoms. The molecule has 1 saturated carbocycles. The van der Waals surface area contributed by atoms with Crippen LogP contribution in [0.3, 0.4) is 0 Å². The van der Waals surface area contributed by atoms with Crippen LogP contribution in [0, 0.1) is 0 Å².